The van der Waals surface area contributed by atoms with Crippen molar-refractivity contribution < 1.29 is 19.8 Å². The highest BCUT2D eigenvalue weighted by Gasteiger charge is 2.03. The van der Waals surface area contributed by atoms with Crippen LogP contribution < -0.4 is 5.90 Å². The summed E-state index contributed by atoms with van der Waals surface area (Å²) >= 11 is 0. The molecule has 0 aliphatic carbocycles. The molecule has 0 heterocycles. The van der Waals surface area contributed by atoms with E-state index in [1.54, 1.807) is 31.2 Å². The van der Waals surface area contributed by atoms with E-state index in [1.165, 1.54) is 0 Å². The van der Waals surface area contributed by atoms with Gasteiger partial charge in [-0.05, 0) is 25.8 Å². The monoisotopic (exact) mass is 291 g/mol. The lowest BCUT2D eigenvalue weighted by molar-refractivity contribution is -0.144. The fourth-order valence-corrected chi connectivity index (χ4v) is 1.29. The van der Waals surface area contributed by atoms with E-state index >= 15 is 0 Å². The van der Waals surface area contributed by atoms with E-state index in [-0.39, 0.29) is 6.42 Å². The molecule has 2 atom stereocenters. The third-order valence-electron chi connectivity index (χ3n) is 2.35. The average molecular weight is 291 g/mol. The molecule has 0 aromatic carbocycles. The molecule has 0 aliphatic heterocycles. The second kappa shape index (κ2) is 13.0. The van der Waals surface area contributed by atoms with E-state index in [2.05, 4.69) is 34.4 Å². The van der Waals surface area contributed by atoms with Crippen LogP contribution in [0.2, 0.25) is 0 Å². The maximum Gasteiger partial charge on any atom is 0.324 e. The number of aliphatic hydroxyl groups excluding tert-OH is 2. The van der Waals surface area contributed by atoms with Gasteiger partial charge in [0.25, 0.3) is 0 Å². The molecule has 0 radical (unpaired) electrons. The Kier molecular flexibility index (Phi) is 11.7. The lowest BCUT2D eigenvalue weighted by atomic mass is 10.1. The van der Waals surface area contributed by atoms with Gasteiger partial charge in [-0.2, -0.15) is 5.90 Å². The molecule has 0 aromatic heterocycles. The Morgan fingerprint density at radius 3 is 2.81 bits per heavy atom. The Bertz CT molecular complexity index is 474. The van der Waals surface area contributed by atoms with Crippen molar-refractivity contribution in [3.63, 3.8) is 0 Å². The second-order valence-corrected chi connectivity index (χ2v) is 4.13. The van der Waals surface area contributed by atoms with Crippen LogP contribution in [-0.2, 0) is 9.63 Å². The predicted octanol–water partition coefficient (Wildman–Crippen LogP) is 0.825. The largest absolute Gasteiger partial charge is 0.388 e. The Morgan fingerprint density at radius 1 is 1.38 bits per heavy atom. The van der Waals surface area contributed by atoms with Gasteiger partial charge in [-0.1, -0.05) is 30.1 Å². The smallest absolute Gasteiger partial charge is 0.324 e. The number of carbonyl (C=O) groups is 1. The van der Waals surface area contributed by atoms with Crippen molar-refractivity contribution >= 4 is 5.97 Å². The highest BCUT2D eigenvalue weighted by molar-refractivity contribution is 5.68. The zero-order valence-electron chi connectivity index (χ0n) is 12.1. The minimum Gasteiger partial charge on any atom is -0.388 e. The number of nitrogens with two attached hydrogens (primary N) is 1. The van der Waals surface area contributed by atoms with Crippen LogP contribution in [0.5, 0.6) is 0 Å². The van der Waals surface area contributed by atoms with Crippen LogP contribution in [0, 0.1) is 23.7 Å². The molecule has 5 nitrogen and oxygen atoms in total. The van der Waals surface area contributed by atoms with E-state index in [0.29, 0.717) is 19.3 Å². The van der Waals surface area contributed by atoms with Crippen LogP contribution in [-0.4, -0.2) is 28.4 Å². The third-order valence-corrected chi connectivity index (χ3v) is 2.35. The minimum atomic E-state index is -0.797. The molecular formula is C16H21NO4. The maximum absolute atomic E-state index is 10.7. The van der Waals surface area contributed by atoms with Gasteiger partial charge in [-0.15, -0.1) is 11.8 Å². The van der Waals surface area contributed by atoms with Gasteiger partial charge in [-0.25, -0.2) is 0 Å². The average Bonchev–Trinajstić information content (AvgIpc) is 2.48. The number of hydrogen-bond acceptors (Lipinski definition) is 5. The highest BCUT2D eigenvalue weighted by Crippen LogP contribution is 2.00. The fourth-order valence-electron chi connectivity index (χ4n) is 1.29. The third kappa shape index (κ3) is 12.7. The molecule has 114 valence electrons. The van der Waals surface area contributed by atoms with Gasteiger partial charge in [-0.3, -0.25) is 4.79 Å². The molecular weight excluding hydrogens is 270 g/mol. The predicted molar refractivity (Wildman–Crippen MR) is 80.3 cm³/mol. The van der Waals surface area contributed by atoms with Crippen molar-refractivity contribution in [2.45, 2.75) is 44.8 Å². The molecule has 0 spiro atoms. The summed E-state index contributed by atoms with van der Waals surface area (Å²) in [7, 11) is 0. The Morgan fingerprint density at radius 2 is 2.14 bits per heavy atom. The van der Waals surface area contributed by atoms with Gasteiger partial charge in [0.1, 0.15) is 6.10 Å². The van der Waals surface area contributed by atoms with Crippen molar-refractivity contribution in [2.75, 3.05) is 0 Å². The summed E-state index contributed by atoms with van der Waals surface area (Å²) in [5.41, 5.74) is 0. The van der Waals surface area contributed by atoms with Crippen molar-refractivity contribution in [1.29, 1.82) is 0 Å². The number of carbonyl (C=O) groups excluding carboxylic acids is 1. The minimum absolute atomic E-state index is 0.159. The van der Waals surface area contributed by atoms with Gasteiger partial charge in [0.2, 0.25) is 0 Å². The molecule has 0 saturated carbocycles. The summed E-state index contributed by atoms with van der Waals surface area (Å²) in [6, 6.07) is 0. The summed E-state index contributed by atoms with van der Waals surface area (Å²) in [4.78, 5) is 14.7. The molecule has 0 aromatic rings. The Labute approximate surface area is 125 Å². The van der Waals surface area contributed by atoms with Gasteiger partial charge in [0.15, 0.2) is 0 Å². The zero-order valence-corrected chi connectivity index (χ0v) is 12.1. The highest BCUT2D eigenvalue weighted by atomic mass is 16.7. The van der Waals surface area contributed by atoms with Gasteiger partial charge < -0.3 is 15.1 Å². The van der Waals surface area contributed by atoms with Gasteiger partial charge >= 0.3 is 5.97 Å². The number of allylic oxidation sites excluding steroid dienone is 3. The summed E-state index contributed by atoms with van der Waals surface area (Å²) in [5.74, 6) is 14.9. The van der Waals surface area contributed by atoms with Crippen molar-refractivity contribution in [3.05, 3.63) is 24.3 Å². The quantitative estimate of drug-likeness (QED) is 0.367. The number of aliphatic hydroxyl groups is 2. The molecule has 4 N–H and O–H groups in total. The van der Waals surface area contributed by atoms with Crippen molar-refractivity contribution in [3.8, 4) is 23.7 Å². The molecule has 0 fully saturated rings. The molecule has 0 rings (SSSR count). The van der Waals surface area contributed by atoms with Crippen LogP contribution in [0.4, 0.5) is 0 Å². The van der Waals surface area contributed by atoms with Crippen LogP contribution in [0.15, 0.2) is 24.3 Å². The first kappa shape index (κ1) is 18.9. The molecule has 5 heteroatoms. The van der Waals surface area contributed by atoms with Crippen LogP contribution >= 0.6 is 0 Å². The van der Waals surface area contributed by atoms with Gasteiger partial charge in [0, 0.05) is 12.8 Å². The SMILES string of the molecule is CC#CC[C@@H](O)/C=C/C=C/C#C[C@@H](O)CCCC(=O)ON. The standard InChI is InChI=1S/C16H21NO4/c1-2-3-9-14(18)10-6-4-5-7-11-15(19)12-8-13-16(20)21-17/h4-6,10,14-15,18-19H,8-9,12-13,17H2,1H3/b5-4+,10-6+/t14-,15-/m1/s1. The lowest BCUT2D eigenvalue weighted by Crippen LogP contribution is -2.11. The second-order valence-electron chi connectivity index (χ2n) is 4.13. The van der Waals surface area contributed by atoms with Crippen LogP contribution in [0.25, 0.3) is 0 Å². The maximum atomic E-state index is 10.7. The van der Waals surface area contributed by atoms with E-state index in [4.69, 9.17) is 0 Å². The molecule has 0 saturated heterocycles. The topological polar surface area (TPSA) is 92.8 Å². The van der Waals surface area contributed by atoms with E-state index < -0.39 is 18.2 Å². The summed E-state index contributed by atoms with van der Waals surface area (Å²) in [5, 5.41) is 19.0. The Hall–Kier alpha value is -2.05. The summed E-state index contributed by atoms with van der Waals surface area (Å²) in [6.45, 7) is 1.72. The van der Waals surface area contributed by atoms with Crippen molar-refractivity contribution in [2.24, 2.45) is 5.90 Å². The fraction of sp³-hybridized carbons (Fsp3) is 0.438. The lowest BCUT2D eigenvalue weighted by Gasteiger charge is -2.01. The van der Waals surface area contributed by atoms with E-state index in [0.717, 1.165) is 0 Å². The van der Waals surface area contributed by atoms with Gasteiger partial charge in [0.05, 0.1) is 6.10 Å². The number of hydrogen-bond donors (Lipinski definition) is 3. The summed E-state index contributed by atoms with van der Waals surface area (Å²) < 4.78 is 0. The van der Waals surface area contributed by atoms with E-state index in [9.17, 15) is 15.0 Å². The Balaban J connectivity index is 3.93. The van der Waals surface area contributed by atoms with E-state index in [1.807, 2.05) is 0 Å². The first-order valence-corrected chi connectivity index (χ1v) is 6.59. The van der Waals surface area contributed by atoms with Crippen molar-refractivity contribution in [1.82, 2.24) is 0 Å². The van der Waals surface area contributed by atoms with Crippen LogP contribution in [0.3, 0.4) is 0 Å². The van der Waals surface area contributed by atoms with Crippen LogP contribution in [0.1, 0.15) is 32.6 Å². The zero-order chi connectivity index (χ0) is 15.9. The molecule has 0 aliphatic rings. The molecule has 21 heavy (non-hydrogen) atoms. The number of rotatable bonds is 7. The molecule has 0 unspecified atom stereocenters. The summed E-state index contributed by atoms with van der Waals surface area (Å²) in [6.07, 6.45) is 6.50. The molecule has 0 bridgehead atoms. The molecule has 0 amide bonds. The normalized spacial score (nSPS) is 13.1. The first-order valence-electron chi connectivity index (χ1n) is 6.59. The first-order chi connectivity index (χ1) is 10.1.